The predicted molar refractivity (Wildman–Crippen MR) is 104 cm³/mol. The number of ether oxygens (including phenoxy) is 1. The summed E-state index contributed by atoms with van der Waals surface area (Å²) in [6, 6.07) is 13.6. The van der Waals surface area contributed by atoms with Crippen molar-refractivity contribution in [3.8, 4) is 0 Å². The van der Waals surface area contributed by atoms with Gasteiger partial charge in [0.25, 0.3) is 5.91 Å². The molecule has 3 rings (SSSR count). The molecule has 144 valence electrons. The van der Waals surface area contributed by atoms with Gasteiger partial charge in [0, 0.05) is 24.4 Å². The van der Waals surface area contributed by atoms with Crippen molar-refractivity contribution in [1.29, 1.82) is 0 Å². The van der Waals surface area contributed by atoms with Crippen molar-refractivity contribution in [2.45, 2.75) is 37.2 Å². The number of anilines is 1. The predicted octanol–water partition coefficient (Wildman–Crippen LogP) is 2.96. The lowest BCUT2D eigenvalue weighted by Crippen LogP contribution is -2.32. The molecule has 1 fully saturated rings. The molecule has 0 radical (unpaired) electrons. The van der Waals surface area contributed by atoms with Crippen LogP contribution in [0.1, 0.15) is 35.7 Å². The Hall–Kier alpha value is -2.22. The zero-order valence-electron chi connectivity index (χ0n) is 15.3. The monoisotopic (exact) mass is 388 g/mol. The Morgan fingerprint density at radius 1 is 1.19 bits per heavy atom. The molecule has 2 aromatic rings. The fourth-order valence-corrected chi connectivity index (χ4v) is 4.15. The molecule has 0 unspecified atom stereocenters. The molecule has 0 aromatic heterocycles. The highest BCUT2D eigenvalue weighted by molar-refractivity contribution is 7.89. The lowest BCUT2D eigenvalue weighted by Gasteiger charge is -2.13. The van der Waals surface area contributed by atoms with E-state index in [1.165, 1.54) is 12.1 Å². The van der Waals surface area contributed by atoms with Crippen molar-refractivity contribution in [2.24, 2.45) is 0 Å². The van der Waals surface area contributed by atoms with Crippen molar-refractivity contribution in [3.63, 3.8) is 0 Å². The summed E-state index contributed by atoms with van der Waals surface area (Å²) in [5, 5.41) is 2.86. The molecule has 0 aliphatic carbocycles. The van der Waals surface area contributed by atoms with E-state index in [0.717, 1.165) is 30.5 Å². The molecule has 1 aliphatic rings. The van der Waals surface area contributed by atoms with Crippen LogP contribution in [0.5, 0.6) is 0 Å². The van der Waals surface area contributed by atoms with E-state index in [0.29, 0.717) is 12.2 Å². The highest BCUT2D eigenvalue weighted by Crippen LogP contribution is 2.18. The Bertz CT molecular complexity index is 906. The van der Waals surface area contributed by atoms with Crippen LogP contribution in [-0.4, -0.2) is 33.6 Å². The molecule has 2 N–H and O–H groups in total. The third-order valence-electron chi connectivity index (χ3n) is 4.58. The zero-order valence-corrected chi connectivity index (χ0v) is 16.1. The van der Waals surface area contributed by atoms with Crippen molar-refractivity contribution >= 4 is 21.6 Å². The molecule has 1 atom stereocenters. The van der Waals surface area contributed by atoms with Crippen LogP contribution in [0.4, 0.5) is 5.69 Å². The van der Waals surface area contributed by atoms with Gasteiger partial charge in [-0.1, -0.05) is 31.2 Å². The maximum absolute atomic E-state index is 12.6. The number of benzene rings is 2. The molecule has 0 bridgehead atoms. The smallest absolute Gasteiger partial charge is 0.255 e. The Morgan fingerprint density at radius 2 is 2.00 bits per heavy atom. The van der Waals surface area contributed by atoms with Crippen molar-refractivity contribution in [1.82, 2.24) is 4.72 Å². The van der Waals surface area contributed by atoms with Gasteiger partial charge in [0.05, 0.1) is 11.0 Å². The van der Waals surface area contributed by atoms with Crippen molar-refractivity contribution in [3.05, 3.63) is 59.7 Å². The second kappa shape index (κ2) is 8.65. The van der Waals surface area contributed by atoms with Gasteiger partial charge in [-0.15, -0.1) is 0 Å². The number of para-hydroxylation sites is 1. The number of carbonyl (C=O) groups is 1. The number of nitrogens with one attached hydrogen (secondary N) is 2. The first-order valence-corrected chi connectivity index (χ1v) is 10.6. The molecule has 1 heterocycles. The number of hydrogen-bond donors (Lipinski definition) is 2. The minimum atomic E-state index is -3.70. The average Bonchev–Trinajstić information content (AvgIpc) is 3.21. The standard InChI is InChI=1S/C20H24N2O4S/c1-2-15-7-3-4-11-19(15)22-20(23)16-8-5-10-18(13-16)27(24,25)21-14-17-9-6-12-26-17/h3-5,7-8,10-11,13,17,21H,2,6,9,12,14H2,1H3,(H,22,23)/t17-/m1/s1. The normalized spacial score (nSPS) is 17.0. The van der Waals surface area contributed by atoms with E-state index < -0.39 is 10.0 Å². The first kappa shape index (κ1) is 19.5. The summed E-state index contributed by atoms with van der Waals surface area (Å²) in [7, 11) is -3.70. The molecule has 1 amide bonds. The molecule has 27 heavy (non-hydrogen) atoms. The molecule has 0 spiro atoms. The van der Waals surface area contributed by atoms with Gasteiger partial charge in [0.1, 0.15) is 0 Å². The maximum atomic E-state index is 12.6. The Kier molecular flexibility index (Phi) is 6.26. The first-order chi connectivity index (χ1) is 13.0. The number of aryl methyl sites for hydroxylation is 1. The van der Waals surface area contributed by atoms with Gasteiger partial charge < -0.3 is 10.1 Å². The molecule has 7 heteroatoms. The molecule has 2 aromatic carbocycles. The van der Waals surface area contributed by atoms with Gasteiger partial charge in [-0.25, -0.2) is 13.1 Å². The molecular weight excluding hydrogens is 364 g/mol. The van der Waals surface area contributed by atoms with Crippen LogP contribution >= 0.6 is 0 Å². The molecule has 6 nitrogen and oxygen atoms in total. The van der Waals surface area contributed by atoms with E-state index in [1.807, 2.05) is 31.2 Å². The number of carbonyl (C=O) groups excluding carboxylic acids is 1. The number of hydrogen-bond acceptors (Lipinski definition) is 4. The van der Waals surface area contributed by atoms with E-state index in [4.69, 9.17) is 4.74 Å². The Morgan fingerprint density at radius 3 is 2.74 bits per heavy atom. The topological polar surface area (TPSA) is 84.5 Å². The van der Waals surface area contributed by atoms with Crippen LogP contribution in [-0.2, 0) is 21.2 Å². The van der Waals surface area contributed by atoms with Crippen LogP contribution in [0, 0.1) is 0 Å². The van der Waals surface area contributed by atoms with Crippen LogP contribution in [0.3, 0.4) is 0 Å². The summed E-state index contributed by atoms with van der Waals surface area (Å²) in [5.74, 6) is -0.341. The molecule has 1 aliphatic heterocycles. The summed E-state index contributed by atoms with van der Waals surface area (Å²) in [4.78, 5) is 12.6. The number of sulfonamides is 1. The fourth-order valence-electron chi connectivity index (χ4n) is 3.04. The van der Waals surface area contributed by atoms with Crippen LogP contribution in [0.2, 0.25) is 0 Å². The van der Waals surface area contributed by atoms with E-state index in [9.17, 15) is 13.2 Å². The van der Waals surface area contributed by atoms with Crippen LogP contribution in [0.25, 0.3) is 0 Å². The number of rotatable bonds is 7. The summed E-state index contributed by atoms with van der Waals surface area (Å²) in [6.07, 6.45) is 2.50. The SMILES string of the molecule is CCc1ccccc1NC(=O)c1cccc(S(=O)(=O)NC[C@H]2CCCO2)c1. The second-order valence-electron chi connectivity index (χ2n) is 6.48. The lowest BCUT2D eigenvalue weighted by atomic mass is 10.1. The van der Waals surface area contributed by atoms with Crippen LogP contribution < -0.4 is 10.0 Å². The van der Waals surface area contributed by atoms with E-state index >= 15 is 0 Å². The maximum Gasteiger partial charge on any atom is 0.255 e. The minimum Gasteiger partial charge on any atom is -0.377 e. The Labute approximate surface area is 160 Å². The third-order valence-corrected chi connectivity index (χ3v) is 6.00. The molecule has 0 saturated carbocycles. The first-order valence-electron chi connectivity index (χ1n) is 9.10. The highest BCUT2D eigenvalue weighted by Gasteiger charge is 2.21. The van der Waals surface area contributed by atoms with Gasteiger partial charge in [-0.05, 0) is 49.1 Å². The van der Waals surface area contributed by atoms with E-state index in [-0.39, 0.29) is 23.5 Å². The summed E-state index contributed by atoms with van der Waals surface area (Å²) in [5.41, 5.74) is 2.04. The largest absolute Gasteiger partial charge is 0.377 e. The van der Waals surface area contributed by atoms with E-state index in [2.05, 4.69) is 10.0 Å². The summed E-state index contributed by atoms with van der Waals surface area (Å²) < 4.78 is 33.1. The van der Waals surface area contributed by atoms with Gasteiger partial charge in [-0.2, -0.15) is 0 Å². The van der Waals surface area contributed by atoms with Gasteiger partial charge in [0.2, 0.25) is 10.0 Å². The Balaban J connectivity index is 1.73. The average molecular weight is 388 g/mol. The van der Waals surface area contributed by atoms with Crippen molar-refractivity contribution < 1.29 is 17.9 Å². The van der Waals surface area contributed by atoms with E-state index in [1.54, 1.807) is 12.1 Å². The highest BCUT2D eigenvalue weighted by atomic mass is 32.2. The van der Waals surface area contributed by atoms with Crippen LogP contribution in [0.15, 0.2) is 53.4 Å². The third kappa shape index (κ3) is 4.94. The number of amides is 1. The van der Waals surface area contributed by atoms with Gasteiger partial charge in [0.15, 0.2) is 0 Å². The van der Waals surface area contributed by atoms with Gasteiger partial charge >= 0.3 is 0 Å². The molecule has 1 saturated heterocycles. The molecular formula is C20H24N2O4S. The minimum absolute atomic E-state index is 0.0666. The zero-order chi connectivity index (χ0) is 19.3. The van der Waals surface area contributed by atoms with Gasteiger partial charge in [-0.3, -0.25) is 4.79 Å². The fraction of sp³-hybridized carbons (Fsp3) is 0.350. The second-order valence-corrected chi connectivity index (χ2v) is 8.25. The lowest BCUT2D eigenvalue weighted by molar-refractivity contribution is 0.102. The van der Waals surface area contributed by atoms with Crippen molar-refractivity contribution in [2.75, 3.05) is 18.5 Å². The summed E-state index contributed by atoms with van der Waals surface area (Å²) in [6.45, 7) is 2.92. The summed E-state index contributed by atoms with van der Waals surface area (Å²) >= 11 is 0. The quantitative estimate of drug-likeness (QED) is 0.764.